The molecule has 0 aliphatic rings. The van der Waals surface area contributed by atoms with E-state index < -0.39 is 26.5 Å². The van der Waals surface area contributed by atoms with Crippen LogP contribution in [0.15, 0.2) is 9.67 Å². The van der Waals surface area contributed by atoms with Crippen LogP contribution in [0.4, 0.5) is 0 Å². The number of rotatable bonds is 6. The second-order valence-electron chi connectivity index (χ2n) is 6.73. The zero-order valence-electron chi connectivity index (χ0n) is 12.5. The molecule has 0 heterocycles. The first-order chi connectivity index (χ1) is 7.56. The molecule has 0 saturated heterocycles. The molecule has 4 heteroatoms. The van der Waals surface area contributed by atoms with Crippen molar-refractivity contribution in [2.24, 2.45) is 0 Å². The van der Waals surface area contributed by atoms with Crippen LogP contribution in [0.3, 0.4) is 0 Å². The molecule has 0 aliphatic heterocycles. The molecule has 0 atom stereocenters. The van der Waals surface area contributed by atoms with E-state index in [4.69, 9.17) is 4.74 Å². The van der Waals surface area contributed by atoms with Gasteiger partial charge in [-0.2, -0.15) is 0 Å². The molecular formula is C13H28O2SiSn. The molecule has 0 fully saturated rings. The summed E-state index contributed by atoms with van der Waals surface area (Å²) in [6, 6.07) is 1.27. The molecule has 100 valence electrons. The maximum atomic E-state index is 11.6. The van der Waals surface area contributed by atoms with E-state index in [1.807, 2.05) is 6.92 Å². The van der Waals surface area contributed by atoms with Gasteiger partial charge < -0.3 is 0 Å². The molecule has 0 aromatic carbocycles. The van der Waals surface area contributed by atoms with Gasteiger partial charge in [0.15, 0.2) is 0 Å². The van der Waals surface area contributed by atoms with Gasteiger partial charge in [0.25, 0.3) is 0 Å². The number of ether oxygens (including phenoxy) is 1. The summed E-state index contributed by atoms with van der Waals surface area (Å²) in [5.74, 6) is -0.148. The molecule has 0 aromatic rings. The van der Waals surface area contributed by atoms with Crippen molar-refractivity contribution in [1.82, 2.24) is 0 Å². The maximum absolute atomic E-state index is 11.6. The van der Waals surface area contributed by atoms with Gasteiger partial charge in [-0.05, 0) is 0 Å². The molecule has 0 amide bonds. The van der Waals surface area contributed by atoms with E-state index in [1.165, 1.54) is 9.63 Å². The average molecular weight is 363 g/mol. The van der Waals surface area contributed by atoms with Crippen LogP contribution >= 0.6 is 0 Å². The molecule has 0 bridgehead atoms. The number of esters is 1. The minimum atomic E-state index is -2.13. The molecule has 0 aliphatic carbocycles. The van der Waals surface area contributed by atoms with Gasteiger partial charge in [0.2, 0.25) is 0 Å². The van der Waals surface area contributed by atoms with Crippen LogP contribution in [0.5, 0.6) is 0 Å². The molecule has 2 nitrogen and oxygen atoms in total. The van der Waals surface area contributed by atoms with E-state index in [9.17, 15) is 4.79 Å². The van der Waals surface area contributed by atoms with Gasteiger partial charge in [0.1, 0.15) is 0 Å². The zero-order valence-corrected chi connectivity index (χ0v) is 16.4. The summed E-state index contributed by atoms with van der Waals surface area (Å²) in [6.45, 7) is 9.47. The van der Waals surface area contributed by atoms with Crippen molar-refractivity contribution in [3.05, 3.63) is 9.67 Å². The summed E-state index contributed by atoms with van der Waals surface area (Å²) in [6.07, 6.45) is 2.90. The van der Waals surface area contributed by atoms with Crippen molar-refractivity contribution in [3.63, 3.8) is 0 Å². The van der Waals surface area contributed by atoms with Crippen LogP contribution < -0.4 is 0 Å². The third-order valence-electron chi connectivity index (χ3n) is 2.69. The summed E-state index contributed by atoms with van der Waals surface area (Å²) in [5.41, 5.74) is 0. The van der Waals surface area contributed by atoms with Crippen LogP contribution in [0.25, 0.3) is 0 Å². The van der Waals surface area contributed by atoms with Gasteiger partial charge in [-0.1, -0.05) is 0 Å². The Balaban J connectivity index is 4.73. The first kappa shape index (κ1) is 17.2. The van der Waals surface area contributed by atoms with Crippen molar-refractivity contribution in [2.45, 2.75) is 53.8 Å². The van der Waals surface area contributed by atoms with Gasteiger partial charge in [-0.25, -0.2) is 0 Å². The third-order valence-corrected chi connectivity index (χ3v) is 11.1. The third kappa shape index (κ3) is 8.88. The second-order valence-corrected chi connectivity index (χ2v) is 27.0. The molecular weight excluding hydrogens is 335 g/mol. The standard InChI is InChI=1S/C10H19O2Si.3CH3.Sn/c1-5-12-10(11)8-6-7-9-13(2,3)4;;;;/h8H,5,7,9H2,1-4H3;3*1H3;. The van der Waals surface area contributed by atoms with Gasteiger partial charge in [0.05, 0.1) is 0 Å². The summed E-state index contributed by atoms with van der Waals surface area (Å²) in [7, 11) is -1.03. The Morgan fingerprint density at radius 3 is 2.12 bits per heavy atom. The van der Waals surface area contributed by atoms with Crippen LogP contribution in [0.2, 0.25) is 40.5 Å². The molecule has 0 rings (SSSR count). The summed E-state index contributed by atoms with van der Waals surface area (Å²) >= 11 is -2.13. The summed E-state index contributed by atoms with van der Waals surface area (Å²) < 4.78 is 6.45. The first-order valence-electron chi connectivity index (χ1n) is 6.44. The predicted octanol–water partition coefficient (Wildman–Crippen LogP) is 4.08. The van der Waals surface area contributed by atoms with Crippen molar-refractivity contribution < 1.29 is 9.53 Å². The predicted molar refractivity (Wildman–Crippen MR) is 80.8 cm³/mol. The molecule has 0 radical (unpaired) electrons. The molecule has 0 unspecified atom stereocenters. The fraction of sp³-hybridized carbons (Fsp3) is 0.769. The van der Waals surface area contributed by atoms with E-state index in [0.29, 0.717) is 6.61 Å². The van der Waals surface area contributed by atoms with Gasteiger partial charge in [-0.3, -0.25) is 0 Å². The number of hydrogen-bond donors (Lipinski definition) is 0. The quantitative estimate of drug-likeness (QED) is 0.404. The minimum absolute atomic E-state index is 0.148. The molecule has 0 aromatic heterocycles. The zero-order chi connectivity index (χ0) is 13.7. The average Bonchev–Trinajstić information content (AvgIpc) is 2.09. The van der Waals surface area contributed by atoms with Gasteiger partial charge in [-0.15, -0.1) is 0 Å². The van der Waals surface area contributed by atoms with E-state index in [0.717, 1.165) is 6.42 Å². The van der Waals surface area contributed by atoms with Crippen molar-refractivity contribution in [3.8, 4) is 0 Å². The van der Waals surface area contributed by atoms with Crippen molar-refractivity contribution in [2.75, 3.05) is 6.61 Å². The molecule has 0 spiro atoms. The molecule has 0 saturated carbocycles. The SMILES string of the molecule is CCOC(=O)/C=[C](\CC[Si](C)(C)C)[Sn]([CH3])([CH3])[CH3]. The Hall–Kier alpha value is 0.226. The number of allylic oxidation sites excluding steroid dienone is 1. The second kappa shape index (κ2) is 6.97. The summed E-state index contributed by atoms with van der Waals surface area (Å²) in [4.78, 5) is 18.7. The van der Waals surface area contributed by atoms with E-state index in [1.54, 1.807) is 6.08 Å². The van der Waals surface area contributed by atoms with Crippen molar-refractivity contribution >= 4 is 32.4 Å². The number of hydrogen-bond acceptors (Lipinski definition) is 2. The Labute approximate surface area is 112 Å². The Morgan fingerprint density at radius 2 is 1.76 bits per heavy atom. The fourth-order valence-corrected chi connectivity index (χ4v) is 7.30. The topological polar surface area (TPSA) is 26.3 Å². The van der Waals surface area contributed by atoms with Crippen LogP contribution in [-0.4, -0.2) is 39.0 Å². The fourth-order valence-electron chi connectivity index (χ4n) is 1.50. The van der Waals surface area contributed by atoms with Crippen LogP contribution in [0, 0.1) is 0 Å². The van der Waals surface area contributed by atoms with Crippen LogP contribution in [0.1, 0.15) is 13.3 Å². The Kier molecular flexibility index (Phi) is 7.07. The van der Waals surface area contributed by atoms with E-state index in [2.05, 4.69) is 34.5 Å². The molecule has 17 heavy (non-hydrogen) atoms. The van der Waals surface area contributed by atoms with E-state index >= 15 is 0 Å². The molecule has 0 N–H and O–H groups in total. The number of carbonyl (C=O) groups is 1. The van der Waals surface area contributed by atoms with Crippen molar-refractivity contribution in [1.29, 1.82) is 0 Å². The van der Waals surface area contributed by atoms with Gasteiger partial charge >= 0.3 is 112 Å². The van der Waals surface area contributed by atoms with Gasteiger partial charge in [0, 0.05) is 0 Å². The monoisotopic (exact) mass is 364 g/mol. The first-order valence-corrected chi connectivity index (χ1v) is 20.1. The van der Waals surface area contributed by atoms with Crippen LogP contribution in [-0.2, 0) is 9.53 Å². The normalized spacial score (nSPS) is 13.7. The van der Waals surface area contributed by atoms with E-state index in [-0.39, 0.29) is 5.97 Å². The Bertz CT molecular complexity index is 285. The number of carbonyl (C=O) groups excluding carboxylic acids is 1. The Morgan fingerprint density at radius 1 is 1.24 bits per heavy atom. The summed E-state index contributed by atoms with van der Waals surface area (Å²) in [5, 5.41) is 0.